The Morgan fingerprint density at radius 1 is 1.00 bits per heavy atom. The fourth-order valence-corrected chi connectivity index (χ4v) is 4.63. The lowest BCUT2D eigenvalue weighted by Crippen LogP contribution is -2.41. The highest BCUT2D eigenvalue weighted by molar-refractivity contribution is 7.89. The van der Waals surface area contributed by atoms with Crippen molar-refractivity contribution in [2.45, 2.75) is 58.4 Å². The summed E-state index contributed by atoms with van der Waals surface area (Å²) in [6.45, 7) is 11.3. The number of nitrogens with one attached hydrogen (secondary N) is 2. The molecule has 0 aliphatic rings. The van der Waals surface area contributed by atoms with Crippen molar-refractivity contribution >= 4 is 21.6 Å². The van der Waals surface area contributed by atoms with Crippen molar-refractivity contribution in [2.75, 3.05) is 12.4 Å². The van der Waals surface area contributed by atoms with E-state index in [1.807, 2.05) is 52.8 Å². The molecule has 0 spiro atoms. The number of rotatable bonds is 7. The minimum atomic E-state index is -3.96. The molecule has 0 bridgehead atoms. The summed E-state index contributed by atoms with van der Waals surface area (Å²) in [7, 11) is -2.54. The number of methoxy groups -OCH3 is 1. The van der Waals surface area contributed by atoms with Crippen molar-refractivity contribution in [1.29, 1.82) is 0 Å². The topological polar surface area (TPSA) is 84.5 Å². The summed E-state index contributed by atoms with van der Waals surface area (Å²) in [5.74, 6) is -0.0367. The Balaban J connectivity index is 2.26. The third-order valence-electron chi connectivity index (χ3n) is 4.79. The molecule has 0 aromatic heterocycles. The van der Waals surface area contributed by atoms with E-state index in [4.69, 9.17) is 4.74 Å². The van der Waals surface area contributed by atoms with E-state index in [1.54, 1.807) is 12.1 Å². The second-order valence-electron chi connectivity index (χ2n) is 7.67. The van der Waals surface area contributed by atoms with Crippen LogP contribution in [0.4, 0.5) is 5.69 Å². The van der Waals surface area contributed by atoms with Gasteiger partial charge in [-0.15, -0.1) is 0 Å². The number of carbonyl (C=O) groups is 1. The van der Waals surface area contributed by atoms with Crippen molar-refractivity contribution in [1.82, 2.24) is 4.72 Å². The predicted octanol–water partition coefficient (Wildman–Crippen LogP) is 4.05. The van der Waals surface area contributed by atoms with Crippen LogP contribution >= 0.6 is 0 Å². The molecule has 0 aliphatic carbocycles. The van der Waals surface area contributed by atoms with Crippen molar-refractivity contribution in [2.24, 2.45) is 0 Å². The largest absolute Gasteiger partial charge is 0.495 e. The minimum Gasteiger partial charge on any atom is -0.495 e. The van der Waals surface area contributed by atoms with Crippen LogP contribution in [-0.2, 0) is 14.8 Å². The summed E-state index contributed by atoms with van der Waals surface area (Å²) in [4.78, 5) is 12.7. The molecule has 7 heteroatoms. The summed E-state index contributed by atoms with van der Waals surface area (Å²) in [5, 5.41) is 2.84. The Morgan fingerprint density at radius 2 is 1.59 bits per heavy atom. The second-order valence-corrected chi connectivity index (χ2v) is 9.35. The van der Waals surface area contributed by atoms with Gasteiger partial charge in [-0.05, 0) is 62.4 Å². The first-order valence-corrected chi connectivity index (χ1v) is 11.0. The SMILES string of the molecule is COc1ccc(C(C)C)cc1S(=O)(=O)NC(C)C(=O)Nc1c(C)cc(C)cc1C. The Bertz CT molecular complexity index is 990. The van der Waals surface area contributed by atoms with Crippen molar-refractivity contribution in [3.05, 3.63) is 52.6 Å². The molecule has 0 saturated carbocycles. The van der Waals surface area contributed by atoms with Crippen LogP contribution in [0.5, 0.6) is 5.75 Å². The van der Waals surface area contributed by atoms with E-state index in [9.17, 15) is 13.2 Å². The highest BCUT2D eigenvalue weighted by Crippen LogP contribution is 2.28. The lowest BCUT2D eigenvalue weighted by Gasteiger charge is -2.19. The number of benzene rings is 2. The summed E-state index contributed by atoms with van der Waals surface area (Å²) in [6.07, 6.45) is 0. The number of amides is 1. The number of hydrogen-bond donors (Lipinski definition) is 2. The average molecular weight is 419 g/mol. The van der Waals surface area contributed by atoms with Crippen molar-refractivity contribution < 1.29 is 17.9 Å². The van der Waals surface area contributed by atoms with Crippen LogP contribution in [0.3, 0.4) is 0 Å². The smallest absolute Gasteiger partial charge is 0.244 e. The Hall–Kier alpha value is -2.38. The summed E-state index contributed by atoms with van der Waals surface area (Å²) >= 11 is 0. The van der Waals surface area contributed by atoms with Gasteiger partial charge < -0.3 is 10.1 Å². The van der Waals surface area contributed by atoms with E-state index in [2.05, 4.69) is 10.0 Å². The summed E-state index contributed by atoms with van der Waals surface area (Å²) < 4.78 is 33.6. The van der Waals surface area contributed by atoms with Gasteiger partial charge in [0.25, 0.3) is 0 Å². The normalized spacial score (nSPS) is 12.7. The number of anilines is 1. The predicted molar refractivity (Wildman–Crippen MR) is 116 cm³/mol. The third kappa shape index (κ3) is 5.36. The molecule has 2 aromatic rings. The zero-order chi connectivity index (χ0) is 21.9. The summed E-state index contributed by atoms with van der Waals surface area (Å²) in [5.41, 5.74) is 4.53. The van der Waals surface area contributed by atoms with Crippen LogP contribution in [0.2, 0.25) is 0 Å². The van der Waals surface area contributed by atoms with Gasteiger partial charge in [0, 0.05) is 5.69 Å². The number of carbonyl (C=O) groups excluding carboxylic acids is 1. The van der Waals surface area contributed by atoms with E-state index in [1.165, 1.54) is 14.0 Å². The van der Waals surface area contributed by atoms with Crippen LogP contribution in [0, 0.1) is 20.8 Å². The highest BCUT2D eigenvalue weighted by Gasteiger charge is 2.26. The zero-order valence-electron chi connectivity index (χ0n) is 18.1. The number of aryl methyl sites for hydroxylation is 3. The van der Waals surface area contributed by atoms with Gasteiger partial charge in [0.05, 0.1) is 13.2 Å². The Morgan fingerprint density at radius 3 is 2.10 bits per heavy atom. The first-order valence-electron chi connectivity index (χ1n) is 9.55. The van der Waals surface area contributed by atoms with E-state index < -0.39 is 22.0 Å². The van der Waals surface area contributed by atoms with E-state index in [-0.39, 0.29) is 16.6 Å². The zero-order valence-corrected chi connectivity index (χ0v) is 18.9. The van der Waals surface area contributed by atoms with Gasteiger partial charge >= 0.3 is 0 Å². The van der Waals surface area contributed by atoms with Gasteiger partial charge in [-0.25, -0.2) is 8.42 Å². The molecule has 0 saturated heterocycles. The Labute approximate surface area is 173 Å². The fourth-order valence-electron chi connectivity index (χ4n) is 3.22. The summed E-state index contributed by atoms with van der Waals surface area (Å²) in [6, 6.07) is 8.03. The number of sulfonamides is 1. The van der Waals surface area contributed by atoms with E-state index in [0.29, 0.717) is 5.69 Å². The van der Waals surface area contributed by atoms with Crippen LogP contribution in [0.15, 0.2) is 35.2 Å². The molecule has 2 N–H and O–H groups in total. The monoisotopic (exact) mass is 418 g/mol. The minimum absolute atomic E-state index is 0.0218. The van der Waals surface area contributed by atoms with Crippen LogP contribution in [0.1, 0.15) is 48.9 Å². The number of hydrogen-bond acceptors (Lipinski definition) is 4. The van der Waals surface area contributed by atoms with Gasteiger partial charge in [-0.2, -0.15) is 4.72 Å². The molecule has 6 nitrogen and oxygen atoms in total. The van der Waals surface area contributed by atoms with E-state index >= 15 is 0 Å². The first-order chi connectivity index (χ1) is 13.5. The average Bonchev–Trinajstić information content (AvgIpc) is 2.63. The molecule has 1 amide bonds. The fraction of sp³-hybridized carbons (Fsp3) is 0.409. The first kappa shape index (κ1) is 22.9. The lowest BCUT2D eigenvalue weighted by atomic mass is 10.0. The molecule has 2 aromatic carbocycles. The molecule has 0 radical (unpaired) electrons. The van der Waals surface area contributed by atoms with Crippen LogP contribution in [-0.4, -0.2) is 27.5 Å². The molecule has 2 rings (SSSR count). The highest BCUT2D eigenvalue weighted by atomic mass is 32.2. The van der Waals surface area contributed by atoms with Gasteiger partial charge in [0.15, 0.2) is 0 Å². The molecule has 158 valence electrons. The molecular weight excluding hydrogens is 388 g/mol. The maximum absolute atomic E-state index is 13.0. The molecule has 29 heavy (non-hydrogen) atoms. The van der Waals surface area contributed by atoms with E-state index in [0.717, 1.165) is 22.3 Å². The van der Waals surface area contributed by atoms with Gasteiger partial charge in [0.2, 0.25) is 15.9 Å². The third-order valence-corrected chi connectivity index (χ3v) is 6.36. The maximum atomic E-state index is 13.0. The maximum Gasteiger partial charge on any atom is 0.244 e. The van der Waals surface area contributed by atoms with Crippen LogP contribution < -0.4 is 14.8 Å². The van der Waals surface area contributed by atoms with Gasteiger partial charge in [0.1, 0.15) is 10.6 Å². The van der Waals surface area contributed by atoms with Gasteiger partial charge in [-0.1, -0.05) is 37.6 Å². The quantitative estimate of drug-likeness (QED) is 0.710. The van der Waals surface area contributed by atoms with Crippen molar-refractivity contribution in [3.63, 3.8) is 0 Å². The molecule has 0 heterocycles. The molecular formula is C22H30N2O4S. The second kappa shape index (κ2) is 8.97. The standard InChI is InChI=1S/C22H30N2O4S/c1-13(2)18-8-9-19(28-7)20(12-18)29(26,27)24-17(6)22(25)23-21-15(4)10-14(3)11-16(21)5/h8-13,17,24H,1-7H3,(H,23,25). The molecule has 1 atom stereocenters. The van der Waals surface area contributed by atoms with Gasteiger partial charge in [-0.3, -0.25) is 4.79 Å². The number of ether oxygens (including phenoxy) is 1. The molecule has 0 fully saturated rings. The van der Waals surface area contributed by atoms with Crippen molar-refractivity contribution in [3.8, 4) is 5.75 Å². The Kier molecular flexibility index (Phi) is 7.08. The molecule has 0 aliphatic heterocycles. The molecule has 1 unspecified atom stereocenters. The lowest BCUT2D eigenvalue weighted by molar-refractivity contribution is -0.117. The van der Waals surface area contributed by atoms with Crippen LogP contribution in [0.25, 0.3) is 0 Å².